The van der Waals surface area contributed by atoms with Gasteiger partial charge >= 0.3 is 4.83 Å². The molecule has 0 saturated heterocycles. The lowest BCUT2D eigenvalue weighted by molar-refractivity contribution is -0.123. The van der Waals surface area contributed by atoms with Crippen molar-refractivity contribution in [1.82, 2.24) is 0 Å². The van der Waals surface area contributed by atoms with E-state index in [1.807, 2.05) is 6.92 Å². The molecule has 0 bridgehead atoms. The SMILES string of the molecule is CC1CCCC(O)(C(F)(F)Br)CC1. The average Bonchev–Trinajstić information content (AvgIpc) is 2.13. The molecule has 0 aromatic heterocycles. The van der Waals surface area contributed by atoms with Crippen molar-refractivity contribution in [3.8, 4) is 0 Å². The molecule has 1 fully saturated rings. The highest BCUT2D eigenvalue weighted by Gasteiger charge is 2.50. The van der Waals surface area contributed by atoms with E-state index in [1.165, 1.54) is 0 Å². The molecule has 0 heterocycles. The summed E-state index contributed by atoms with van der Waals surface area (Å²) in [6.45, 7) is 2.04. The molecule has 1 N–H and O–H groups in total. The van der Waals surface area contributed by atoms with Crippen molar-refractivity contribution >= 4 is 15.9 Å². The Morgan fingerprint density at radius 2 is 2.00 bits per heavy atom. The monoisotopic (exact) mass is 256 g/mol. The Balaban J connectivity index is 2.68. The van der Waals surface area contributed by atoms with Gasteiger partial charge in [0.25, 0.3) is 0 Å². The molecule has 0 aromatic carbocycles. The molecule has 0 spiro atoms. The number of rotatable bonds is 1. The zero-order chi connectivity index (χ0) is 10.1. The first kappa shape index (κ1) is 11.4. The zero-order valence-electron chi connectivity index (χ0n) is 7.69. The molecule has 13 heavy (non-hydrogen) atoms. The summed E-state index contributed by atoms with van der Waals surface area (Å²) in [5.41, 5.74) is -1.84. The molecule has 0 aliphatic heterocycles. The van der Waals surface area contributed by atoms with E-state index in [9.17, 15) is 13.9 Å². The van der Waals surface area contributed by atoms with E-state index >= 15 is 0 Å². The summed E-state index contributed by atoms with van der Waals surface area (Å²) in [4.78, 5) is -3.15. The Morgan fingerprint density at radius 1 is 1.38 bits per heavy atom. The summed E-state index contributed by atoms with van der Waals surface area (Å²) in [6.07, 6.45) is 2.67. The molecule has 1 aliphatic rings. The first-order valence-corrected chi connectivity index (χ1v) is 5.43. The van der Waals surface area contributed by atoms with Gasteiger partial charge in [0.1, 0.15) is 5.60 Å². The summed E-state index contributed by atoms with van der Waals surface area (Å²) in [6, 6.07) is 0. The van der Waals surface area contributed by atoms with Gasteiger partial charge in [-0.05, 0) is 41.1 Å². The van der Waals surface area contributed by atoms with Gasteiger partial charge in [-0.15, -0.1) is 0 Å². The van der Waals surface area contributed by atoms with Gasteiger partial charge in [0.05, 0.1) is 0 Å². The lowest BCUT2D eigenvalue weighted by atomic mass is 9.94. The van der Waals surface area contributed by atoms with E-state index in [0.29, 0.717) is 18.8 Å². The number of alkyl halides is 3. The lowest BCUT2D eigenvalue weighted by Gasteiger charge is -2.31. The summed E-state index contributed by atoms with van der Waals surface area (Å²) in [5.74, 6) is 0.448. The predicted molar refractivity (Wildman–Crippen MR) is 51.1 cm³/mol. The standard InChI is InChI=1S/C9H15BrF2O/c1-7-3-2-5-8(13,6-4-7)9(10,11)12/h7,13H,2-6H2,1H3. The van der Waals surface area contributed by atoms with E-state index in [0.717, 1.165) is 6.42 Å². The molecular weight excluding hydrogens is 242 g/mol. The van der Waals surface area contributed by atoms with Gasteiger partial charge in [0.15, 0.2) is 0 Å². The van der Waals surface area contributed by atoms with E-state index in [1.54, 1.807) is 0 Å². The van der Waals surface area contributed by atoms with Gasteiger partial charge in [-0.3, -0.25) is 0 Å². The normalized spacial score (nSPS) is 37.2. The molecule has 0 aromatic rings. The summed E-state index contributed by atoms with van der Waals surface area (Å²) in [7, 11) is 0. The maximum atomic E-state index is 13.0. The van der Waals surface area contributed by atoms with Crippen LogP contribution >= 0.6 is 15.9 Å². The van der Waals surface area contributed by atoms with Crippen LogP contribution in [0.5, 0.6) is 0 Å². The fourth-order valence-electron chi connectivity index (χ4n) is 1.78. The number of hydrogen-bond donors (Lipinski definition) is 1. The third-order valence-electron chi connectivity index (χ3n) is 2.87. The highest BCUT2D eigenvalue weighted by molar-refractivity contribution is 9.10. The van der Waals surface area contributed by atoms with Crippen LogP contribution < -0.4 is 0 Å². The minimum Gasteiger partial charge on any atom is -0.383 e. The van der Waals surface area contributed by atoms with E-state index in [-0.39, 0.29) is 12.8 Å². The number of halogens is 3. The molecule has 2 atom stereocenters. The van der Waals surface area contributed by atoms with Crippen LogP contribution in [-0.4, -0.2) is 15.5 Å². The topological polar surface area (TPSA) is 20.2 Å². The Labute approximate surface area is 85.6 Å². The smallest absolute Gasteiger partial charge is 0.329 e. The van der Waals surface area contributed by atoms with Crippen molar-refractivity contribution in [3.05, 3.63) is 0 Å². The van der Waals surface area contributed by atoms with Gasteiger partial charge in [-0.1, -0.05) is 19.8 Å². The highest BCUT2D eigenvalue weighted by atomic mass is 79.9. The molecule has 2 unspecified atom stereocenters. The molecule has 1 aliphatic carbocycles. The lowest BCUT2D eigenvalue weighted by Crippen LogP contribution is -2.43. The minimum absolute atomic E-state index is 0.187. The van der Waals surface area contributed by atoms with Crippen molar-refractivity contribution in [3.63, 3.8) is 0 Å². The van der Waals surface area contributed by atoms with Gasteiger partial charge < -0.3 is 5.11 Å². The van der Waals surface area contributed by atoms with Gasteiger partial charge in [0, 0.05) is 0 Å². The average molecular weight is 257 g/mol. The second-order valence-electron chi connectivity index (χ2n) is 4.07. The number of hydrogen-bond acceptors (Lipinski definition) is 1. The minimum atomic E-state index is -3.15. The maximum absolute atomic E-state index is 13.0. The molecule has 1 nitrogen and oxygen atoms in total. The Kier molecular flexibility index (Phi) is 3.33. The van der Waals surface area contributed by atoms with E-state index < -0.39 is 10.4 Å². The summed E-state index contributed by atoms with van der Waals surface area (Å²) >= 11 is 2.27. The summed E-state index contributed by atoms with van der Waals surface area (Å²) < 4.78 is 25.9. The number of aliphatic hydroxyl groups is 1. The van der Waals surface area contributed by atoms with Crippen LogP contribution in [-0.2, 0) is 0 Å². The largest absolute Gasteiger partial charge is 0.383 e. The van der Waals surface area contributed by atoms with Crippen LogP contribution in [0.15, 0.2) is 0 Å². The second-order valence-corrected chi connectivity index (χ2v) is 5.06. The predicted octanol–water partition coefficient (Wildman–Crippen LogP) is 3.31. The van der Waals surface area contributed by atoms with Crippen LogP contribution in [0.4, 0.5) is 8.78 Å². The van der Waals surface area contributed by atoms with Crippen molar-refractivity contribution in [2.45, 2.75) is 49.5 Å². The van der Waals surface area contributed by atoms with E-state index in [2.05, 4.69) is 15.9 Å². The molecule has 4 heteroatoms. The second kappa shape index (κ2) is 3.81. The Morgan fingerprint density at radius 3 is 2.54 bits per heavy atom. The fourth-order valence-corrected chi connectivity index (χ4v) is 2.18. The first-order valence-electron chi connectivity index (χ1n) is 4.64. The van der Waals surface area contributed by atoms with Gasteiger partial charge in [-0.25, -0.2) is 0 Å². The van der Waals surface area contributed by atoms with Crippen molar-refractivity contribution in [1.29, 1.82) is 0 Å². The third-order valence-corrected chi connectivity index (χ3v) is 3.60. The van der Waals surface area contributed by atoms with Crippen molar-refractivity contribution < 1.29 is 13.9 Å². The van der Waals surface area contributed by atoms with Crippen LogP contribution in [0, 0.1) is 5.92 Å². The van der Waals surface area contributed by atoms with Crippen LogP contribution in [0.25, 0.3) is 0 Å². The van der Waals surface area contributed by atoms with E-state index in [4.69, 9.17) is 0 Å². The van der Waals surface area contributed by atoms with Crippen LogP contribution in [0.1, 0.15) is 39.0 Å². The molecule has 0 amide bonds. The first-order chi connectivity index (χ1) is 5.85. The molecule has 0 radical (unpaired) electrons. The third kappa shape index (κ3) is 2.62. The van der Waals surface area contributed by atoms with Crippen molar-refractivity contribution in [2.75, 3.05) is 0 Å². The van der Waals surface area contributed by atoms with Crippen LogP contribution in [0.2, 0.25) is 0 Å². The highest BCUT2D eigenvalue weighted by Crippen LogP contribution is 2.44. The summed E-state index contributed by atoms with van der Waals surface area (Å²) in [5, 5.41) is 9.71. The zero-order valence-corrected chi connectivity index (χ0v) is 9.28. The quantitative estimate of drug-likeness (QED) is 0.564. The van der Waals surface area contributed by atoms with Gasteiger partial charge in [0.2, 0.25) is 0 Å². The van der Waals surface area contributed by atoms with Crippen molar-refractivity contribution in [2.24, 2.45) is 5.92 Å². The Bertz CT molecular complexity index is 181. The Hall–Kier alpha value is 0.300. The molecule has 1 saturated carbocycles. The van der Waals surface area contributed by atoms with Gasteiger partial charge in [-0.2, -0.15) is 8.78 Å². The molecular formula is C9H15BrF2O. The van der Waals surface area contributed by atoms with Crippen LogP contribution in [0.3, 0.4) is 0 Å². The fraction of sp³-hybridized carbons (Fsp3) is 1.00. The maximum Gasteiger partial charge on any atom is 0.329 e. The molecule has 1 rings (SSSR count). The molecule has 78 valence electrons.